The van der Waals surface area contributed by atoms with E-state index in [4.69, 9.17) is 9.47 Å². The molecule has 0 aliphatic carbocycles. The second-order valence-corrected chi connectivity index (χ2v) is 9.03. The molecule has 1 aliphatic rings. The van der Waals surface area contributed by atoms with Gasteiger partial charge in [0, 0.05) is 12.0 Å². The van der Waals surface area contributed by atoms with Crippen LogP contribution in [0.25, 0.3) is 0 Å². The smallest absolute Gasteiger partial charge is 0.311 e. The van der Waals surface area contributed by atoms with E-state index in [1.54, 1.807) is 36.4 Å². The van der Waals surface area contributed by atoms with E-state index in [1.807, 2.05) is 12.1 Å². The zero-order chi connectivity index (χ0) is 24.9. The van der Waals surface area contributed by atoms with E-state index in [0.717, 1.165) is 10.6 Å². The number of nitrogens with one attached hydrogen (secondary N) is 2. The van der Waals surface area contributed by atoms with Crippen LogP contribution in [-0.4, -0.2) is 49.0 Å². The number of carbonyl (C=O) groups is 4. The Bertz CT molecular complexity index is 1070. The zero-order valence-electron chi connectivity index (χ0n) is 19.7. The molecule has 9 heteroatoms. The number of hydrogen-bond donors (Lipinski definition) is 2. The van der Waals surface area contributed by atoms with Crippen LogP contribution in [-0.2, 0) is 24.5 Å². The Labute approximate surface area is 198 Å². The van der Waals surface area contributed by atoms with Crippen LogP contribution in [0.5, 0.6) is 5.75 Å². The molecule has 1 saturated heterocycles. The van der Waals surface area contributed by atoms with Crippen molar-refractivity contribution in [2.75, 3.05) is 25.6 Å². The number of ether oxygens (including phenoxy) is 2. The number of benzene rings is 2. The lowest BCUT2D eigenvalue weighted by molar-refractivity contribution is -0.151. The van der Waals surface area contributed by atoms with Gasteiger partial charge in [0.2, 0.25) is 5.91 Å². The monoisotopic (exact) mass is 467 g/mol. The Balaban J connectivity index is 1.50. The van der Waals surface area contributed by atoms with Gasteiger partial charge in [0.25, 0.3) is 11.8 Å². The maximum absolute atomic E-state index is 12.5. The molecule has 0 saturated carbocycles. The summed E-state index contributed by atoms with van der Waals surface area (Å²) in [6, 6.07) is 14.0. The lowest BCUT2D eigenvalue weighted by atomic mass is 9.87. The van der Waals surface area contributed by atoms with Gasteiger partial charge in [-0.05, 0) is 35.2 Å². The molecule has 2 aromatic rings. The van der Waals surface area contributed by atoms with E-state index in [2.05, 4.69) is 31.5 Å². The fourth-order valence-corrected chi connectivity index (χ4v) is 3.47. The Kier molecular flexibility index (Phi) is 7.55. The standard InChI is InChI=1S/C25H29N3O6/c1-25(2,3)18-11-9-16(10-12-18)23(31)27-28-14-17(13-22(28)30)24(32)34-15-21(29)26-19-7-5-6-8-20(19)33-4/h5-12,17H,13-15H2,1-4H3,(H,26,29)(H,27,31). The van der Waals surface area contributed by atoms with E-state index in [1.165, 1.54) is 7.11 Å². The summed E-state index contributed by atoms with van der Waals surface area (Å²) in [5.74, 6) is -2.38. The van der Waals surface area contributed by atoms with Crippen LogP contribution in [0.15, 0.2) is 48.5 Å². The van der Waals surface area contributed by atoms with Gasteiger partial charge in [-0.15, -0.1) is 0 Å². The van der Waals surface area contributed by atoms with Gasteiger partial charge in [0.05, 0.1) is 25.3 Å². The highest BCUT2D eigenvalue weighted by Gasteiger charge is 2.36. The molecule has 1 fully saturated rings. The summed E-state index contributed by atoms with van der Waals surface area (Å²) in [7, 11) is 1.48. The second kappa shape index (κ2) is 10.4. The maximum Gasteiger partial charge on any atom is 0.311 e. The van der Waals surface area contributed by atoms with E-state index in [-0.39, 0.29) is 18.4 Å². The number of methoxy groups -OCH3 is 1. The van der Waals surface area contributed by atoms with Crippen LogP contribution in [0, 0.1) is 5.92 Å². The van der Waals surface area contributed by atoms with Crippen LogP contribution < -0.4 is 15.5 Å². The molecule has 0 spiro atoms. The summed E-state index contributed by atoms with van der Waals surface area (Å²) in [6.45, 7) is 5.69. The Morgan fingerprint density at radius 3 is 2.38 bits per heavy atom. The van der Waals surface area contributed by atoms with Crippen LogP contribution in [0.1, 0.15) is 43.1 Å². The third-order valence-corrected chi connectivity index (χ3v) is 5.43. The molecule has 1 aliphatic heterocycles. The molecule has 0 radical (unpaired) electrons. The number of esters is 1. The number of carbonyl (C=O) groups excluding carboxylic acids is 4. The highest BCUT2D eigenvalue weighted by atomic mass is 16.5. The minimum atomic E-state index is -0.782. The van der Waals surface area contributed by atoms with Crippen molar-refractivity contribution in [1.29, 1.82) is 0 Å². The van der Waals surface area contributed by atoms with Gasteiger partial charge in [-0.2, -0.15) is 0 Å². The van der Waals surface area contributed by atoms with Crippen LogP contribution in [0.3, 0.4) is 0 Å². The van der Waals surface area contributed by atoms with Gasteiger partial charge in [-0.3, -0.25) is 29.6 Å². The molecule has 0 aromatic heterocycles. The van der Waals surface area contributed by atoms with Crippen molar-refractivity contribution >= 4 is 29.4 Å². The molecule has 9 nitrogen and oxygen atoms in total. The number of para-hydroxylation sites is 2. The van der Waals surface area contributed by atoms with E-state index < -0.39 is 36.2 Å². The molecule has 0 bridgehead atoms. The van der Waals surface area contributed by atoms with E-state index in [9.17, 15) is 19.2 Å². The normalized spacial score (nSPS) is 15.6. The van der Waals surface area contributed by atoms with Gasteiger partial charge < -0.3 is 14.8 Å². The van der Waals surface area contributed by atoms with Crippen LogP contribution >= 0.6 is 0 Å². The molecule has 1 atom stereocenters. The summed E-state index contributed by atoms with van der Waals surface area (Å²) in [4.78, 5) is 49.4. The predicted octanol–water partition coefficient (Wildman–Crippen LogP) is 2.67. The molecule has 180 valence electrons. The number of rotatable bonds is 7. The minimum Gasteiger partial charge on any atom is -0.495 e. The molecular weight excluding hydrogens is 438 g/mol. The number of anilines is 1. The summed E-state index contributed by atoms with van der Waals surface area (Å²) < 4.78 is 10.2. The average Bonchev–Trinajstić information content (AvgIpc) is 3.17. The van der Waals surface area contributed by atoms with E-state index in [0.29, 0.717) is 17.0 Å². The minimum absolute atomic E-state index is 0.0302. The second-order valence-electron chi connectivity index (χ2n) is 9.03. The first kappa shape index (κ1) is 24.8. The van der Waals surface area contributed by atoms with E-state index >= 15 is 0 Å². The molecule has 2 aromatic carbocycles. The van der Waals surface area contributed by atoms with Gasteiger partial charge in [-0.1, -0.05) is 45.0 Å². The van der Waals surface area contributed by atoms with Crippen molar-refractivity contribution in [1.82, 2.24) is 10.4 Å². The molecule has 1 unspecified atom stereocenters. The first-order valence-electron chi connectivity index (χ1n) is 10.9. The van der Waals surface area contributed by atoms with Crippen LogP contribution in [0.2, 0.25) is 0 Å². The molecule has 1 heterocycles. The molecule has 2 N–H and O–H groups in total. The lowest BCUT2D eigenvalue weighted by Gasteiger charge is -2.20. The summed E-state index contributed by atoms with van der Waals surface area (Å²) in [5.41, 5.74) is 4.43. The Morgan fingerprint density at radius 1 is 1.06 bits per heavy atom. The SMILES string of the molecule is COc1ccccc1NC(=O)COC(=O)C1CC(=O)N(NC(=O)c2ccc(C(C)(C)C)cc2)C1. The van der Waals surface area contributed by atoms with Crippen molar-refractivity contribution < 1.29 is 28.7 Å². The van der Waals surface area contributed by atoms with Crippen molar-refractivity contribution in [3.8, 4) is 5.75 Å². The Morgan fingerprint density at radius 2 is 1.74 bits per heavy atom. The largest absolute Gasteiger partial charge is 0.495 e. The molecule has 3 rings (SSSR count). The van der Waals surface area contributed by atoms with Crippen molar-refractivity contribution in [3.05, 3.63) is 59.7 Å². The van der Waals surface area contributed by atoms with Gasteiger partial charge >= 0.3 is 5.97 Å². The molecule has 3 amide bonds. The zero-order valence-corrected chi connectivity index (χ0v) is 19.7. The first-order valence-corrected chi connectivity index (χ1v) is 10.9. The third kappa shape index (κ3) is 6.12. The lowest BCUT2D eigenvalue weighted by Crippen LogP contribution is -2.43. The van der Waals surface area contributed by atoms with Crippen molar-refractivity contribution in [2.45, 2.75) is 32.6 Å². The van der Waals surface area contributed by atoms with Gasteiger partial charge in [-0.25, -0.2) is 0 Å². The van der Waals surface area contributed by atoms with Crippen LogP contribution in [0.4, 0.5) is 5.69 Å². The molecular formula is C25H29N3O6. The highest BCUT2D eigenvalue weighted by Crippen LogP contribution is 2.24. The highest BCUT2D eigenvalue weighted by molar-refractivity contribution is 5.97. The maximum atomic E-state index is 12.5. The number of amides is 3. The predicted molar refractivity (Wildman–Crippen MR) is 125 cm³/mol. The summed E-state index contributed by atoms with van der Waals surface area (Å²) in [6.07, 6.45) is -0.115. The van der Waals surface area contributed by atoms with Gasteiger partial charge in [0.1, 0.15) is 5.75 Å². The van der Waals surface area contributed by atoms with Gasteiger partial charge in [0.15, 0.2) is 6.61 Å². The fourth-order valence-electron chi connectivity index (χ4n) is 3.47. The summed E-state index contributed by atoms with van der Waals surface area (Å²) >= 11 is 0. The number of hydrogen-bond acceptors (Lipinski definition) is 6. The first-order chi connectivity index (χ1) is 16.1. The number of hydrazine groups is 1. The molecule has 34 heavy (non-hydrogen) atoms. The topological polar surface area (TPSA) is 114 Å². The van der Waals surface area contributed by atoms with Crippen molar-refractivity contribution in [3.63, 3.8) is 0 Å². The Hall–Kier alpha value is -3.88. The third-order valence-electron chi connectivity index (χ3n) is 5.43. The number of nitrogens with zero attached hydrogens (tertiary/aromatic N) is 1. The fraction of sp³-hybridized carbons (Fsp3) is 0.360. The summed E-state index contributed by atoms with van der Waals surface area (Å²) in [5, 5.41) is 3.72. The van der Waals surface area contributed by atoms with Crippen molar-refractivity contribution in [2.24, 2.45) is 5.92 Å². The quantitative estimate of drug-likeness (QED) is 0.605. The average molecular weight is 468 g/mol.